The highest BCUT2D eigenvalue weighted by Gasteiger charge is 2.07. The first kappa shape index (κ1) is 13.9. The Morgan fingerprint density at radius 3 is 2.74 bits per heavy atom. The van der Waals surface area contributed by atoms with Gasteiger partial charge in [-0.2, -0.15) is 5.10 Å². The number of aromatic hydroxyl groups is 1. The van der Waals surface area contributed by atoms with E-state index in [0.717, 1.165) is 16.9 Å². The first-order valence-electron chi connectivity index (χ1n) is 6.24. The second-order valence-corrected chi connectivity index (χ2v) is 5.70. The molecule has 0 aliphatic carbocycles. The first-order chi connectivity index (χ1) is 8.97. The number of halogens is 1. The van der Waals surface area contributed by atoms with Crippen LogP contribution in [0.5, 0.6) is 5.75 Å². The van der Waals surface area contributed by atoms with Gasteiger partial charge in [0.2, 0.25) is 0 Å². The van der Waals surface area contributed by atoms with Crippen molar-refractivity contribution in [3.63, 3.8) is 0 Å². The normalized spacial score (nSPS) is 11.0. The second kappa shape index (κ2) is 5.65. The van der Waals surface area contributed by atoms with Gasteiger partial charge in [-0.25, -0.2) is 0 Å². The molecule has 1 aromatic carbocycles. The topological polar surface area (TPSA) is 50.1 Å². The van der Waals surface area contributed by atoms with Crippen LogP contribution in [0.2, 0.25) is 0 Å². The number of nitrogens with one attached hydrogen (secondary N) is 1. The molecule has 0 saturated heterocycles. The highest BCUT2D eigenvalue weighted by Crippen LogP contribution is 2.25. The van der Waals surface area contributed by atoms with Crippen LogP contribution in [-0.2, 0) is 6.54 Å². The van der Waals surface area contributed by atoms with E-state index in [1.54, 1.807) is 6.07 Å². The summed E-state index contributed by atoms with van der Waals surface area (Å²) in [5.41, 5.74) is 3.13. The molecule has 1 aromatic heterocycles. The van der Waals surface area contributed by atoms with Crippen molar-refractivity contribution < 1.29 is 5.11 Å². The number of aryl methyl sites for hydroxylation is 1. The molecule has 2 rings (SSSR count). The fourth-order valence-corrected chi connectivity index (χ4v) is 2.20. The van der Waals surface area contributed by atoms with Crippen LogP contribution in [-0.4, -0.2) is 14.9 Å². The van der Waals surface area contributed by atoms with E-state index in [0.29, 0.717) is 17.1 Å². The summed E-state index contributed by atoms with van der Waals surface area (Å²) in [6.45, 7) is 6.90. The van der Waals surface area contributed by atoms with Crippen molar-refractivity contribution in [2.45, 2.75) is 33.4 Å². The fourth-order valence-electron chi connectivity index (χ4n) is 1.78. The molecular weight excluding hydrogens is 306 g/mol. The first-order valence-corrected chi connectivity index (χ1v) is 7.03. The monoisotopic (exact) mass is 323 g/mol. The average Bonchev–Trinajstić information content (AvgIpc) is 2.73. The fraction of sp³-hybridized carbons (Fsp3) is 0.357. The lowest BCUT2D eigenvalue weighted by molar-refractivity contribution is 0.471. The van der Waals surface area contributed by atoms with Gasteiger partial charge in [-0.3, -0.25) is 4.68 Å². The van der Waals surface area contributed by atoms with Crippen LogP contribution in [0.25, 0.3) is 0 Å². The van der Waals surface area contributed by atoms with Crippen molar-refractivity contribution in [1.82, 2.24) is 9.78 Å². The number of nitrogens with zero attached hydrogens (tertiary/aromatic N) is 2. The van der Waals surface area contributed by atoms with Gasteiger partial charge >= 0.3 is 0 Å². The van der Waals surface area contributed by atoms with E-state index in [9.17, 15) is 5.11 Å². The van der Waals surface area contributed by atoms with Crippen LogP contribution in [0, 0.1) is 6.92 Å². The number of anilines is 1. The van der Waals surface area contributed by atoms with E-state index in [1.807, 2.05) is 29.9 Å². The Labute approximate surface area is 121 Å². The van der Waals surface area contributed by atoms with Gasteiger partial charge in [-0.15, -0.1) is 0 Å². The van der Waals surface area contributed by atoms with E-state index in [1.165, 1.54) is 0 Å². The molecule has 1 heterocycles. The second-order valence-electron chi connectivity index (χ2n) is 4.84. The number of benzene rings is 1. The SMILES string of the molecule is Cc1nn(C(C)C)cc1NCc1ccc(O)c(Br)c1. The molecule has 2 aromatic rings. The van der Waals surface area contributed by atoms with Gasteiger partial charge in [0.05, 0.1) is 15.9 Å². The summed E-state index contributed by atoms with van der Waals surface area (Å²) in [4.78, 5) is 0. The van der Waals surface area contributed by atoms with E-state index >= 15 is 0 Å². The predicted octanol–water partition coefficient (Wildman–Crippen LogP) is 3.85. The van der Waals surface area contributed by atoms with Gasteiger partial charge in [-0.05, 0) is 54.4 Å². The molecule has 0 bridgehead atoms. The highest BCUT2D eigenvalue weighted by molar-refractivity contribution is 9.10. The lowest BCUT2D eigenvalue weighted by Crippen LogP contribution is -2.01. The smallest absolute Gasteiger partial charge is 0.129 e. The minimum Gasteiger partial charge on any atom is -0.507 e. The van der Waals surface area contributed by atoms with Crippen LogP contribution in [0.4, 0.5) is 5.69 Å². The number of hydrogen-bond acceptors (Lipinski definition) is 3. The lowest BCUT2D eigenvalue weighted by Gasteiger charge is -2.06. The third-order valence-corrected chi connectivity index (χ3v) is 3.58. The summed E-state index contributed by atoms with van der Waals surface area (Å²) in [5.74, 6) is 0.257. The third kappa shape index (κ3) is 3.29. The van der Waals surface area contributed by atoms with Gasteiger partial charge < -0.3 is 10.4 Å². The third-order valence-electron chi connectivity index (χ3n) is 2.94. The Morgan fingerprint density at radius 1 is 1.42 bits per heavy atom. The standard InChI is InChI=1S/C14H18BrN3O/c1-9(2)18-8-13(10(3)17-18)16-7-11-4-5-14(19)12(15)6-11/h4-6,8-9,16,19H,7H2,1-3H3. The maximum atomic E-state index is 9.46. The minimum absolute atomic E-state index is 0.257. The molecule has 0 aliphatic heterocycles. The molecule has 102 valence electrons. The van der Waals surface area contributed by atoms with Gasteiger partial charge in [0.25, 0.3) is 0 Å². The number of phenolic OH excluding ortho intramolecular Hbond substituents is 1. The van der Waals surface area contributed by atoms with E-state index in [-0.39, 0.29) is 5.75 Å². The van der Waals surface area contributed by atoms with E-state index < -0.39 is 0 Å². The molecule has 0 fully saturated rings. The van der Waals surface area contributed by atoms with Crippen molar-refractivity contribution in [2.24, 2.45) is 0 Å². The molecule has 0 radical (unpaired) electrons. The molecule has 0 aliphatic rings. The molecule has 2 N–H and O–H groups in total. The van der Waals surface area contributed by atoms with Crippen molar-refractivity contribution >= 4 is 21.6 Å². The average molecular weight is 324 g/mol. The van der Waals surface area contributed by atoms with Crippen LogP contribution >= 0.6 is 15.9 Å². The molecular formula is C14H18BrN3O. The highest BCUT2D eigenvalue weighted by atomic mass is 79.9. The number of phenols is 1. The summed E-state index contributed by atoms with van der Waals surface area (Å²) >= 11 is 3.32. The van der Waals surface area contributed by atoms with Crippen LogP contribution in [0.3, 0.4) is 0 Å². The van der Waals surface area contributed by atoms with Gasteiger partial charge in [0, 0.05) is 18.8 Å². The summed E-state index contributed by atoms with van der Waals surface area (Å²) in [7, 11) is 0. The number of hydrogen-bond donors (Lipinski definition) is 2. The summed E-state index contributed by atoms with van der Waals surface area (Å²) in [6.07, 6.45) is 2.02. The quantitative estimate of drug-likeness (QED) is 0.898. The summed E-state index contributed by atoms with van der Waals surface area (Å²) in [6, 6.07) is 5.85. The molecule has 19 heavy (non-hydrogen) atoms. The van der Waals surface area contributed by atoms with Crippen molar-refractivity contribution in [3.8, 4) is 5.75 Å². The maximum Gasteiger partial charge on any atom is 0.129 e. The van der Waals surface area contributed by atoms with Crippen molar-refractivity contribution in [1.29, 1.82) is 0 Å². The zero-order valence-corrected chi connectivity index (χ0v) is 12.9. The van der Waals surface area contributed by atoms with Gasteiger partial charge in [0.15, 0.2) is 0 Å². The molecule has 0 spiro atoms. The molecule has 4 nitrogen and oxygen atoms in total. The molecule has 0 unspecified atom stereocenters. The number of aromatic nitrogens is 2. The summed E-state index contributed by atoms with van der Waals surface area (Å²) in [5, 5.41) is 17.3. The molecule has 5 heteroatoms. The van der Waals surface area contributed by atoms with Crippen LogP contribution in [0.15, 0.2) is 28.9 Å². The zero-order valence-electron chi connectivity index (χ0n) is 11.3. The summed E-state index contributed by atoms with van der Waals surface area (Å²) < 4.78 is 2.66. The van der Waals surface area contributed by atoms with Gasteiger partial charge in [0.1, 0.15) is 5.75 Å². The van der Waals surface area contributed by atoms with Crippen molar-refractivity contribution in [2.75, 3.05) is 5.32 Å². The zero-order chi connectivity index (χ0) is 14.0. The Morgan fingerprint density at radius 2 is 2.16 bits per heavy atom. The Bertz CT molecular complexity index is 578. The van der Waals surface area contributed by atoms with E-state index in [4.69, 9.17) is 0 Å². The van der Waals surface area contributed by atoms with Gasteiger partial charge in [-0.1, -0.05) is 6.07 Å². The predicted molar refractivity (Wildman–Crippen MR) is 80.5 cm³/mol. The Kier molecular flexibility index (Phi) is 4.14. The molecule has 0 saturated carbocycles. The van der Waals surface area contributed by atoms with Crippen LogP contribution < -0.4 is 5.32 Å². The van der Waals surface area contributed by atoms with Crippen LogP contribution in [0.1, 0.15) is 31.1 Å². The molecule has 0 amide bonds. The maximum absolute atomic E-state index is 9.46. The lowest BCUT2D eigenvalue weighted by atomic mass is 10.2. The minimum atomic E-state index is 0.257. The number of rotatable bonds is 4. The Balaban J connectivity index is 2.07. The van der Waals surface area contributed by atoms with E-state index in [2.05, 4.69) is 40.2 Å². The Hall–Kier alpha value is -1.49. The largest absolute Gasteiger partial charge is 0.507 e. The molecule has 0 atom stereocenters. The van der Waals surface area contributed by atoms with Crippen molar-refractivity contribution in [3.05, 3.63) is 40.1 Å².